The molecule has 1 aliphatic rings. The lowest BCUT2D eigenvalue weighted by molar-refractivity contribution is 0.0472. The van der Waals surface area contributed by atoms with Crippen molar-refractivity contribution < 1.29 is 17.9 Å². The van der Waals surface area contributed by atoms with Gasteiger partial charge < -0.3 is 4.74 Å². The average Bonchev–Trinajstić information content (AvgIpc) is 2.87. The molecule has 0 amide bonds. The highest BCUT2D eigenvalue weighted by Crippen LogP contribution is 2.34. The standard InChI is InChI=1S/C18H18ClNO4S/c1-12-8-15-10-14(6-7-17(15)20(12)25(2,22)23)18(21)24-11-13-4-3-5-16(19)9-13/h3-7,9-10,12H,8,11H2,1-2H3. The quantitative estimate of drug-likeness (QED) is 0.764. The SMILES string of the molecule is CC1Cc2cc(C(=O)OCc3cccc(Cl)c3)ccc2N1S(C)(=O)=O. The van der Waals surface area contributed by atoms with Crippen LogP contribution in [0.5, 0.6) is 0 Å². The Morgan fingerprint density at radius 3 is 2.72 bits per heavy atom. The van der Waals surface area contributed by atoms with E-state index in [4.69, 9.17) is 16.3 Å². The van der Waals surface area contributed by atoms with E-state index in [1.807, 2.05) is 13.0 Å². The Morgan fingerprint density at radius 2 is 2.04 bits per heavy atom. The van der Waals surface area contributed by atoms with E-state index in [0.29, 0.717) is 22.7 Å². The number of halogens is 1. The van der Waals surface area contributed by atoms with E-state index in [9.17, 15) is 13.2 Å². The maximum atomic E-state index is 12.3. The molecule has 2 aromatic rings. The van der Waals surface area contributed by atoms with Gasteiger partial charge in [0.15, 0.2) is 0 Å². The third-order valence-electron chi connectivity index (χ3n) is 4.08. The molecule has 7 heteroatoms. The molecular formula is C18H18ClNO4S. The highest BCUT2D eigenvalue weighted by atomic mass is 35.5. The second-order valence-corrected chi connectivity index (χ2v) is 8.46. The van der Waals surface area contributed by atoms with Crippen molar-refractivity contribution in [2.45, 2.75) is 26.0 Å². The number of rotatable bonds is 4. The number of hydrogen-bond acceptors (Lipinski definition) is 4. The lowest BCUT2D eigenvalue weighted by atomic mass is 10.1. The summed E-state index contributed by atoms with van der Waals surface area (Å²) in [6.45, 7) is 1.97. The van der Waals surface area contributed by atoms with Crippen LogP contribution >= 0.6 is 11.6 Å². The number of carbonyl (C=O) groups is 1. The van der Waals surface area contributed by atoms with Crippen molar-refractivity contribution in [1.29, 1.82) is 0 Å². The molecule has 0 aliphatic carbocycles. The molecule has 0 spiro atoms. The molecule has 0 aromatic heterocycles. The second-order valence-electron chi connectivity index (χ2n) is 6.16. The van der Waals surface area contributed by atoms with Gasteiger partial charge in [0.1, 0.15) is 6.61 Å². The van der Waals surface area contributed by atoms with Crippen molar-refractivity contribution in [3.05, 3.63) is 64.2 Å². The van der Waals surface area contributed by atoms with Gasteiger partial charge in [0.2, 0.25) is 10.0 Å². The minimum Gasteiger partial charge on any atom is -0.457 e. The lowest BCUT2D eigenvalue weighted by Crippen LogP contribution is -2.34. The second kappa shape index (κ2) is 6.69. The van der Waals surface area contributed by atoms with Crippen LogP contribution in [-0.2, 0) is 27.8 Å². The number of anilines is 1. The van der Waals surface area contributed by atoms with Gasteiger partial charge in [-0.3, -0.25) is 4.31 Å². The van der Waals surface area contributed by atoms with Gasteiger partial charge in [-0.25, -0.2) is 13.2 Å². The molecule has 0 fully saturated rings. The molecule has 132 valence electrons. The molecule has 5 nitrogen and oxygen atoms in total. The van der Waals surface area contributed by atoms with Crippen molar-refractivity contribution in [1.82, 2.24) is 0 Å². The lowest BCUT2D eigenvalue weighted by Gasteiger charge is -2.21. The summed E-state index contributed by atoms with van der Waals surface area (Å²) < 4.78 is 30.6. The number of benzene rings is 2. The zero-order valence-electron chi connectivity index (χ0n) is 13.9. The first-order valence-electron chi connectivity index (χ1n) is 7.79. The van der Waals surface area contributed by atoms with Crippen LogP contribution in [0.4, 0.5) is 5.69 Å². The van der Waals surface area contributed by atoms with E-state index in [1.165, 1.54) is 10.6 Å². The van der Waals surface area contributed by atoms with Gasteiger partial charge in [-0.15, -0.1) is 0 Å². The molecule has 0 radical (unpaired) electrons. The first-order chi connectivity index (χ1) is 11.8. The number of carbonyl (C=O) groups excluding carboxylic acids is 1. The largest absolute Gasteiger partial charge is 0.457 e. The molecule has 0 saturated carbocycles. The molecule has 0 saturated heterocycles. The van der Waals surface area contributed by atoms with Crippen molar-refractivity contribution in [2.75, 3.05) is 10.6 Å². The van der Waals surface area contributed by atoms with E-state index in [1.54, 1.807) is 36.4 Å². The Labute approximate surface area is 152 Å². The monoisotopic (exact) mass is 379 g/mol. The highest BCUT2D eigenvalue weighted by Gasteiger charge is 2.32. The molecule has 1 unspecified atom stereocenters. The summed E-state index contributed by atoms with van der Waals surface area (Å²) in [4.78, 5) is 12.3. The van der Waals surface area contributed by atoms with E-state index in [-0.39, 0.29) is 12.6 Å². The Hall–Kier alpha value is -2.05. The van der Waals surface area contributed by atoms with Crippen molar-refractivity contribution in [2.24, 2.45) is 0 Å². The first kappa shape index (κ1) is 17.8. The normalized spacial score (nSPS) is 16.6. The molecule has 0 bridgehead atoms. The summed E-state index contributed by atoms with van der Waals surface area (Å²) in [6.07, 6.45) is 1.75. The fraction of sp³-hybridized carbons (Fsp3) is 0.278. The fourth-order valence-corrected chi connectivity index (χ4v) is 4.57. The van der Waals surface area contributed by atoms with E-state index in [2.05, 4.69) is 0 Å². The summed E-state index contributed by atoms with van der Waals surface area (Å²) in [5.41, 5.74) is 2.67. The minimum absolute atomic E-state index is 0.127. The summed E-state index contributed by atoms with van der Waals surface area (Å²) in [7, 11) is -3.34. The highest BCUT2D eigenvalue weighted by molar-refractivity contribution is 7.92. The van der Waals surface area contributed by atoms with Crippen LogP contribution in [0.2, 0.25) is 5.02 Å². The fourth-order valence-electron chi connectivity index (χ4n) is 3.09. The third-order valence-corrected chi connectivity index (χ3v) is 5.59. The van der Waals surface area contributed by atoms with Gasteiger partial charge in [-0.05, 0) is 54.8 Å². The predicted molar refractivity (Wildman–Crippen MR) is 97.5 cm³/mol. The van der Waals surface area contributed by atoms with Gasteiger partial charge in [0.25, 0.3) is 0 Å². The van der Waals surface area contributed by atoms with E-state index >= 15 is 0 Å². The average molecular weight is 380 g/mol. The molecule has 1 atom stereocenters. The van der Waals surface area contributed by atoms with Crippen LogP contribution in [0.1, 0.15) is 28.4 Å². The van der Waals surface area contributed by atoms with Crippen molar-refractivity contribution in [3.63, 3.8) is 0 Å². The maximum Gasteiger partial charge on any atom is 0.338 e. The zero-order valence-corrected chi connectivity index (χ0v) is 15.5. The number of nitrogens with zero attached hydrogens (tertiary/aromatic N) is 1. The maximum absolute atomic E-state index is 12.3. The Morgan fingerprint density at radius 1 is 1.28 bits per heavy atom. The van der Waals surface area contributed by atoms with E-state index in [0.717, 1.165) is 11.1 Å². The van der Waals surface area contributed by atoms with Gasteiger partial charge in [-0.2, -0.15) is 0 Å². The Bertz CT molecular complexity index is 926. The van der Waals surface area contributed by atoms with Gasteiger partial charge in [0.05, 0.1) is 17.5 Å². The smallest absolute Gasteiger partial charge is 0.338 e. The zero-order chi connectivity index (χ0) is 18.2. The molecular weight excluding hydrogens is 362 g/mol. The van der Waals surface area contributed by atoms with Crippen molar-refractivity contribution >= 4 is 33.3 Å². The van der Waals surface area contributed by atoms with Crippen LogP contribution < -0.4 is 4.31 Å². The van der Waals surface area contributed by atoms with Crippen molar-refractivity contribution in [3.8, 4) is 0 Å². The number of ether oxygens (including phenoxy) is 1. The minimum atomic E-state index is -3.34. The number of sulfonamides is 1. The molecule has 2 aromatic carbocycles. The third kappa shape index (κ3) is 3.80. The summed E-state index contributed by atoms with van der Waals surface area (Å²) in [6, 6.07) is 11.9. The number of esters is 1. The Kier molecular flexibility index (Phi) is 4.75. The molecule has 3 rings (SSSR count). The number of fused-ring (bicyclic) bond motifs is 1. The topological polar surface area (TPSA) is 63.7 Å². The Balaban J connectivity index is 1.76. The molecule has 0 N–H and O–H groups in total. The van der Waals surface area contributed by atoms with Crippen LogP contribution in [0.3, 0.4) is 0 Å². The summed E-state index contributed by atoms with van der Waals surface area (Å²) >= 11 is 5.91. The predicted octanol–water partition coefficient (Wildman–Crippen LogP) is 3.41. The summed E-state index contributed by atoms with van der Waals surface area (Å²) in [5.74, 6) is -0.451. The molecule has 1 aliphatic heterocycles. The van der Waals surface area contributed by atoms with Crippen LogP contribution in [0.25, 0.3) is 0 Å². The molecule has 1 heterocycles. The number of hydrogen-bond donors (Lipinski definition) is 0. The van der Waals surface area contributed by atoms with Gasteiger partial charge >= 0.3 is 5.97 Å². The van der Waals surface area contributed by atoms with E-state index < -0.39 is 16.0 Å². The van der Waals surface area contributed by atoms with Crippen LogP contribution in [-0.4, -0.2) is 26.7 Å². The van der Waals surface area contributed by atoms with Gasteiger partial charge in [-0.1, -0.05) is 23.7 Å². The van der Waals surface area contributed by atoms with Gasteiger partial charge in [0, 0.05) is 11.1 Å². The summed E-state index contributed by atoms with van der Waals surface area (Å²) in [5, 5.41) is 0.584. The first-order valence-corrected chi connectivity index (χ1v) is 10.0. The molecule has 25 heavy (non-hydrogen) atoms. The van der Waals surface area contributed by atoms with Crippen LogP contribution in [0.15, 0.2) is 42.5 Å². The van der Waals surface area contributed by atoms with Crippen LogP contribution in [0, 0.1) is 0 Å².